The maximum atomic E-state index is 6.34. The van der Waals surface area contributed by atoms with Gasteiger partial charge >= 0.3 is 0 Å². The molecule has 4 heteroatoms. The van der Waals surface area contributed by atoms with Crippen LogP contribution < -0.4 is 4.74 Å². The fourth-order valence-electron chi connectivity index (χ4n) is 3.16. The highest BCUT2D eigenvalue weighted by Gasteiger charge is 2.26. The predicted octanol–water partition coefficient (Wildman–Crippen LogP) is 6.23. The highest BCUT2D eigenvalue weighted by atomic mass is 79.9. The minimum absolute atomic E-state index is 0.648. The number of ether oxygens (including phenoxy) is 1. The van der Waals surface area contributed by atoms with E-state index in [9.17, 15) is 0 Å². The lowest BCUT2D eigenvalue weighted by Gasteiger charge is -2.29. The third kappa shape index (κ3) is 4.50. The first kappa shape index (κ1) is 18.1. The molecule has 0 saturated heterocycles. The first-order valence-electron chi connectivity index (χ1n) is 7.33. The van der Waals surface area contributed by atoms with E-state index in [2.05, 4.69) is 50.5 Å². The van der Waals surface area contributed by atoms with Crippen molar-refractivity contribution in [3.8, 4) is 5.75 Å². The standard InChI is InChI=1S/C16H26BrClOSi/c1-10(2)20(11(3)4)12(5)9-19-15-8-7-14(17)13(6)16(15)18/h7-8,10-12,20H,9H2,1-6H3. The summed E-state index contributed by atoms with van der Waals surface area (Å²) in [7, 11) is -0.831. The van der Waals surface area contributed by atoms with Crippen LogP contribution >= 0.6 is 27.5 Å². The molecule has 20 heavy (non-hydrogen) atoms. The lowest BCUT2D eigenvalue weighted by Crippen LogP contribution is -2.29. The van der Waals surface area contributed by atoms with E-state index in [4.69, 9.17) is 16.3 Å². The summed E-state index contributed by atoms with van der Waals surface area (Å²) in [4.78, 5) is 0. The third-order valence-electron chi connectivity index (χ3n) is 3.98. The molecule has 0 fully saturated rings. The van der Waals surface area contributed by atoms with Crippen LogP contribution in [0.1, 0.15) is 40.2 Å². The Morgan fingerprint density at radius 2 is 1.70 bits per heavy atom. The Morgan fingerprint density at radius 1 is 1.15 bits per heavy atom. The molecule has 1 unspecified atom stereocenters. The zero-order valence-electron chi connectivity index (χ0n) is 13.3. The summed E-state index contributed by atoms with van der Waals surface area (Å²) in [6, 6.07) is 3.95. The predicted molar refractivity (Wildman–Crippen MR) is 96.2 cm³/mol. The van der Waals surface area contributed by atoms with Gasteiger partial charge in [0.1, 0.15) is 5.75 Å². The van der Waals surface area contributed by atoms with E-state index in [-0.39, 0.29) is 0 Å². The summed E-state index contributed by atoms with van der Waals surface area (Å²) in [5.41, 5.74) is 3.29. The lowest BCUT2D eigenvalue weighted by molar-refractivity contribution is 0.314. The molecule has 0 N–H and O–H groups in total. The van der Waals surface area contributed by atoms with Gasteiger partial charge in [0.25, 0.3) is 0 Å². The number of rotatable bonds is 6. The summed E-state index contributed by atoms with van der Waals surface area (Å²) < 4.78 is 7.02. The van der Waals surface area contributed by atoms with Gasteiger partial charge in [-0.1, -0.05) is 73.2 Å². The zero-order chi connectivity index (χ0) is 15.4. The summed E-state index contributed by atoms with van der Waals surface area (Å²) >= 11 is 9.83. The zero-order valence-corrected chi connectivity index (χ0v) is 16.8. The summed E-state index contributed by atoms with van der Waals surface area (Å²) in [5.74, 6) is 0.805. The third-order valence-corrected chi connectivity index (χ3v) is 9.90. The molecule has 0 spiro atoms. The van der Waals surface area contributed by atoms with Crippen LogP contribution in [0, 0.1) is 6.92 Å². The SMILES string of the molecule is Cc1c(Br)ccc(OCC(C)[SiH](C(C)C)C(C)C)c1Cl. The Hall–Kier alpha value is 0.00688. The molecule has 0 radical (unpaired) electrons. The average Bonchev–Trinajstić information content (AvgIpc) is 2.34. The van der Waals surface area contributed by atoms with Gasteiger partial charge in [0.2, 0.25) is 0 Å². The molecule has 114 valence electrons. The normalized spacial score (nSPS) is 13.3. The minimum atomic E-state index is -0.831. The second-order valence-electron chi connectivity index (χ2n) is 6.34. The second-order valence-corrected chi connectivity index (χ2v) is 12.5. The first-order chi connectivity index (χ1) is 9.25. The molecule has 0 amide bonds. The van der Waals surface area contributed by atoms with Crippen LogP contribution in [0.25, 0.3) is 0 Å². The van der Waals surface area contributed by atoms with Crippen molar-refractivity contribution in [3.05, 3.63) is 27.2 Å². The van der Waals surface area contributed by atoms with Gasteiger partial charge in [0.15, 0.2) is 0 Å². The first-order valence-corrected chi connectivity index (χ1v) is 10.5. The number of benzene rings is 1. The van der Waals surface area contributed by atoms with Crippen molar-refractivity contribution in [1.29, 1.82) is 0 Å². The fraction of sp³-hybridized carbons (Fsp3) is 0.625. The highest BCUT2D eigenvalue weighted by molar-refractivity contribution is 9.10. The van der Waals surface area contributed by atoms with Crippen LogP contribution in [0.3, 0.4) is 0 Å². The van der Waals surface area contributed by atoms with E-state index < -0.39 is 8.80 Å². The molecule has 1 rings (SSSR count). The lowest BCUT2D eigenvalue weighted by atomic mass is 10.2. The highest BCUT2D eigenvalue weighted by Crippen LogP contribution is 2.35. The van der Waals surface area contributed by atoms with E-state index >= 15 is 0 Å². The van der Waals surface area contributed by atoms with Crippen molar-refractivity contribution in [2.24, 2.45) is 0 Å². The molecule has 1 aromatic rings. The van der Waals surface area contributed by atoms with Crippen LogP contribution in [-0.4, -0.2) is 15.4 Å². The van der Waals surface area contributed by atoms with Gasteiger partial charge < -0.3 is 4.74 Å². The maximum Gasteiger partial charge on any atom is 0.138 e. The maximum absolute atomic E-state index is 6.34. The minimum Gasteiger partial charge on any atom is -0.492 e. The number of halogens is 2. The van der Waals surface area contributed by atoms with Crippen LogP contribution in [0.2, 0.25) is 21.6 Å². The average molecular weight is 378 g/mol. The van der Waals surface area contributed by atoms with Crippen molar-refractivity contribution >= 4 is 36.3 Å². The molecule has 0 saturated carbocycles. The smallest absolute Gasteiger partial charge is 0.138 e. The quantitative estimate of drug-likeness (QED) is 0.534. The molecule has 0 aliphatic rings. The molecule has 0 bridgehead atoms. The van der Waals surface area contributed by atoms with Crippen molar-refractivity contribution in [3.63, 3.8) is 0 Å². The summed E-state index contributed by atoms with van der Waals surface area (Å²) in [6.07, 6.45) is 0. The fourth-order valence-corrected chi connectivity index (χ4v) is 8.31. The Kier molecular flexibility index (Phi) is 7.09. The van der Waals surface area contributed by atoms with E-state index in [0.29, 0.717) is 5.54 Å². The van der Waals surface area contributed by atoms with Crippen LogP contribution in [0.5, 0.6) is 5.75 Å². The van der Waals surface area contributed by atoms with Crippen LogP contribution in [0.15, 0.2) is 16.6 Å². The molecule has 0 aliphatic heterocycles. The van der Waals surface area contributed by atoms with Crippen molar-refractivity contribution < 1.29 is 4.74 Å². The molecular weight excluding hydrogens is 352 g/mol. The van der Waals surface area contributed by atoms with Gasteiger partial charge in [-0.05, 0) is 30.2 Å². The monoisotopic (exact) mass is 376 g/mol. The molecular formula is C16H26BrClOSi. The van der Waals surface area contributed by atoms with Crippen LogP contribution in [-0.2, 0) is 0 Å². The van der Waals surface area contributed by atoms with Gasteiger partial charge in [-0.2, -0.15) is 0 Å². The van der Waals surface area contributed by atoms with Gasteiger partial charge in [0.05, 0.1) is 11.6 Å². The molecule has 0 aromatic heterocycles. The van der Waals surface area contributed by atoms with Crippen LogP contribution in [0.4, 0.5) is 0 Å². The Morgan fingerprint density at radius 3 is 2.20 bits per heavy atom. The molecule has 0 heterocycles. The van der Waals surface area contributed by atoms with Gasteiger partial charge in [-0.3, -0.25) is 0 Å². The van der Waals surface area contributed by atoms with E-state index in [1.165, 1.54) is 0 Å². The van der Waals surface area contributed by atoms with E-state index in [1.54, 1.807) is 0 Å². The van der Waals surface area contributed by atoms with Gasteiger partial charge in [0, 0.05) is 13.3 Å². The summed E-state index contributed by atoms with van der Waals surface area (Å²) in [6.45, 7) is 14.5. The number of hydrogen-bond acceptors (Lipinski definition) is 1. The van der Waals surface area contributed by atoms with Crippen molar-refractivity contribution in [1.82, 2.24) is 0 Å². The second kappa shape index (κ2) is 7.86. The number of hydrogen-bond donors (Lipinski definition) is 0. The van der Waals surface area contributed by atoms with E-state index in [0.717, 1.165) is 38.5 Å². The van der Waals surface area contributed by atoms with Gasteiger partial charge in [-0.25, -0.2) is 0 Å². The van der Waals surface area contributed by atoms with Crippen molar-refractivity contribution in [2.45, 2.75) is 58.2 Å². The Labute approximate surface area is 138 Å². The molecule has 0 aliphatic carbocycles. The topological polar surface area (TPSA) is 9.23 Å². The molecule has 1 aromatic carbocycles. The molecule has 1 nitrogen and oxygen atoms in total. The Bertz CT molecular complexity index is 440. The van der Waals surface area contributed by atoms with Gasteiger partial charge in [-0.15, -0.1) is 0 Å². The Balaban J connectivity index is 2.74. The molecule has 1 atom stereocenters. The van der Waals surface area contributed by atoms with E-state index in [1.807, 2.05) is 19.1 Å². The largest absolute Gasteiger partial charge is 0.492 e. The van der Waals surface area contributed by atoms with Crippen molar-refractivity contribution in [2.75, 3.05) is 6.61 Å². The summed E-state index contributed by atoms with van der Waals surface area (Å²) in [5, 5.41) is 0.721.